The molecule has 0 atom stereocenters. The molecule has 2 amide bonds. The Hall–Kier alpha value is -2.62. The first-order chi connectivity index (χ1) is 9.46. The number of benzene rings is 1. The molecule has 0 unspecified atom stereocenters. The summed E-state index contributed by atoms with van der Waals surface area (Å²) in [5.41, 5.74) is -0.526. The minimum absolute atomic E-state index is 0.0514. The van der Waals surface area contributed by atoms with Crippen molar-refractivity contribution in [2.24, 2.45) is 0 Å². The largest absolute Gasteiger partial charge is 0.320 e. The topological polar surface area (TPSA) is 108 Å². The third-order valence-electron chi connectivity index (χ3n) is 3.11. The number of non-ortho nitro benzene ring substituents is 1. The SMILES string of the molecule is CCC(C#N)(CC)NC(=O)Nc1ccc([N+](=O)[O-])cc1. The Balaban J connectivity index is 2.71. The van der Waals surface area contributed by atoms with Gasteiger partial charge < -0.3 is 10.6 Å². The number of anilines is 1. The molecule has 1 aromatic rings. The van der Waals surface area contributed by atoms with E-state index in [1.54, 1.807) is 0 Å². The van der Waals surface area contributed by atoms with E-state index in [2.05, 4.69) is 16.7 Å². The highest BCUT2D eigenvalue weighted by Crippen LogP contribution is 2.17. The number of nitrogens with one attached hydrogen (secondary N) is 2. The molecule has 2 N–H and O–H groups in total. The van der Waals surface area contributed by atoms with Gasteiger partial charge in [0.25, 0.3) is 5.69 Å². The van der Waals surface area contributed by atoms with Crippen LogP contribution in [0.25, 0.3) is 0 Å². The zero-order valence-corrected chi connectivity index (χ0v) is 11.3. The van der Waals surface area contributed by atoms with Crippen LogP contribution in [0, 0.1) is 21.4 Å². The molecule has 0 aliphatic carbocycles. The first-order valence-electron chi connectivity index (χ1n) is 6.21. The van der Waals surface area contributed by atoms with Gasteiger partial charge in [-0.1, -0.05) is 13.8 Å². The van der Waals surface area contributed by atoms with E-state index in [0.717, 1.165) is 0 Å². The minimum Gasteiger partial charge on any atom is -0.319 e. The van der Waals surface area contributed by atoms with Gasteiger partial charge in [-0.15, -0.1) is 0 Å². The fourth-order valence-electron chi connectivity index (χ4n) is 1.66. The van der Waals surface area contributed by atoms with Gasteiger partial charge in [-0.3, -0.25) is 10.1 Å². The number of urea groups is 1. The van der Waals surface area contributed by atoms with Crippen LogP contribution >= 0.6 is 0 Å². The van der Waals surface area contributed by atoms with Crippen LogP contribution in [0.15, 0.2) is 24.3 Å². The number of hydrogen-bond donors (Lipinski definition) is 2. The summed E-state index contributed by atoms with van der Waals surface area (Å²) in [5, 5.41) is 24.8. The summed E-state index contributed by atoms with van der Waals surface area (Å²) in [6.07, 6.45) is 0.987. The van der Waals surface area contributed by atoms with E-state index >= 15 is 0 Å². The average Bonchev–Trinajstić information content (AvgIpc) is 2.45. The maximum absolute atomic E-state index is 11.8. The number of carbonyl (C=O) groups excluding carboxylic acids is 1. The van der Waals surface area contributed by atoms with E-state index in [1.807, 2.05) is 13.8 Å². The molecule has 0 aliphatic heterocycles. The van der Waals surface area contributed by atoms with Gasteiger partial charge in [-0.2, -0.15) is 5.26 Å². The Morgan fingerprint density at radius 3 is 2.30 bits per heavy atom. The molecule has 1 rings (SSSR count). The smallest absolute Gasteiger partial charge is 0.319 e. The lowest BCUT2D eigenvalue weighted by Crippen LogP contribution is -2.48. The maximum atomic E-state index is 11.8. The molecule has 1 aromatic carbocycles. The molecule has 0 spiro atoms. The summed E-state index contributed by atoms with van der Waals surface area (Å²) in [7, 11) is 0. The van der Waals surface area contributed by atoms with Crippen molar-refractivity contribution in [3.8, 4) is 6.07 Å². The fourth-order valence-corrected chi connectivity index (χ4v) is 1.66. The van der Waals surface area contributed by atoms with Gasteiger partial charge in [0.15, 0.2) is 0 Å². The Bertz CT molecular complexity index is 530. The standard InChI is InChI=1S/C13H16N4O3/c1-3-13(4-2,9-14)16-12(18)15-10-5-7-11(8-6-10)17(19)20/h5-8H,3-4H2,1-2H3,(H2,15,16,18). The summed E-state index contributed by atoms with van der Waals surface area (Å²) < 4.78 is 0. The second kappa shape index (κ2) is 6.52. The quantitative estimate of drug-likeness (QED) is 0.636. The molecule has 0 saturated heterocycles. The lowest BCUT2D eigenvalue weighted by molar-refractivity contribution is -0.384. The van der Waals surface area contributed by atoms with Crippen molar-refractivity contribution in [3.63, 3.8) is 0 Å². The first kappa shape index (κ1) is 15.4. The van der Waals surface area contributed by atoms with Crippen LogP contribution in [0.1, 0.15) is 26.7 Å². The molecule has 0 heterocycles. The van der Waals surface area contributed by atoms with Crippen molar-refractivity contribution in [2.45, 2.75) is 32.2 Å². The highest BCUT2D eigenvalue weighted by Gasteiger charge is 2.27. The van der Waals surface area contributed by atoms with Gasteiger partial charge in [-0.05, 0) is 25.0 Å². The van der Waals surface area contributed by atoms with E-state index in [1.165, 1.54) is 24.3 Å². The van der Waals surface area contributed by atoms with Crippen LogP contribution in [0.4, 0.5) is 16.2 Å². The minimum atomic E-state index is -0.898. The number of amides is 2. The Morgan fingerprint density at radius 2 is 1.90 bits per heavy atom. The third kappa shape index (κ3) is 3.68. The Labute approximate surface area is 116 Å². The van der Waals surface area contributed by atoms with E-state index in [0.29, 0.717) is 18.5 Å². The average molecular weight is 276 g/mol. The number of nitro benzene ring substituents is 1. The molecule has 0 fully saturated rings. The fraction of sp³-hybridized carbons (Fsp3) is 0.385. The Kier molecular flexibility index (Phi) is 5.03. The molecule has 0 saturated carbocycles. The van der Waals surface area contributed by atoms with Gasteiger partial charge in [0.1, 0.15) is 5.54 Å². The Morgan fingerprint density at radius 1 is 1.35 bits per heavy atom. The number of hydrogen-bond acceptors (Lipinski definition) is 4. The van der Waals surface area contributed by atoms with Crippen LogP contribution in [0.5, 0.6) is 0 Å². The zero-order chi connectivity index (χ0) is 15.2. The van der Waals surface area contributed by atoms with Gasteiger partial charge in [-0.25, -0.2) is 4.79 Å². The summed E-state index contributed by atoms with van der Waals surface area (Å²) in [5.74, 6) is 0. The van der Waals surface area contributed by atoms with E-state index in [4.69, 9.17) is 5.26 Å². The summed E-state index contributed by atoms with van der Waals surface area (Å²) in [6.45, 7) is 3.64. The van der Waals surface area contributed by atoms with Crippen LogP contribution in [-0.2, 0) is 0 Å². The predicted octanol–water partition coefficient (Wildman–Crippen LogP) is 2.80. The number of carbonyl (C=O) groups is 1. The molecule has 7 nitrogen and oxygen atoms in total. The highest BCUT2D eigenvalue weighted by atomic mass is 16.6. The lowest BCUT2D eigenvalue weighted by atomic mass is 9.95. The van der Waals surface area contributed by atoms with Crippen LogP contribution < -0.4 is 10.6 Å². The van der Waals surface area contributed by atoms with Crippen molar-refractivity contribution < 1.29 is 9.72 Å². The summed E-state index contributed by atoms with van der Waals surface area (Å²) in [4.78, 5) is 21.8. The molecular formula is C13H16N4O3. The second-order valence-corrected chi connectivity index (χ2v) is 4.28. The van der Waals surface area contributed by atoms with Crippen molar-refractivity contribution in [2.75, 3.05) is 5.32 Å². The summed E-state index contributed by atoms with van der Waals surface area (Å²) >= 11 is 0. The van der Waals surface area contributed by atoms with Crippen molar-refractivity contribution in [3.05, 3.63) is 34.4 Å². The molecule has 0 bridgehead atoms. The molecular weight excluding hydrogens is 260 g/mol. The maximum Gasteiger partial charge on any atom is 0.320 e. The summed E-state index contributed by atoms with van der Waals surface area (Å²) in [6, 6.07) is 7.05. The molecule has 0 radical (unpaired) electrons. The van der Waals surface area contributed by atoms with Gasteiger partial charge in [0, 0.05) is 17.8 Å². The van der Waals surface area contributed by atoms with Gasteiger partial charge >= 0.3 is 6.03 Å². The lowest BCUT2D eigenvalue weighted by Gasteiger charge is -2.24. The van der Waals surface area contributed by atoms with Crippen LogP contribution in [-0.4, -0.2) is 16.5 Å². The second-order valence-electron chi connectivity index (χ2n) is 4.28. The van der Waals surface area contributed by atoms with Gasteiger partial charge in [0.2, 0.25) is 0 Å². The zero-order valence-electron chi connectivity index (χ0n) is 11.3. The molecule has 7 heteroatoms. The highest BCUT2D eigenvalue weighted by molar-refractivity contribution is 5.90. The van der Waals surface area contributed by atoms with Crippen molar-refractivity contribution in [1.82, 2.24) is 5.32 Å². The molecule has 0 aromatic heterocycles. The number of rotatable bonds is 5. The van der Waals surface area contributed by atoms with E-state index in [9.17, 15) is 14.9 Å². The van der Waals surface area contributed by atoms with E-state index < -0.39 is 16.5 Å². The monoisotopic (exact) mass is 276 g/mol. The van der Waals surface area contributed by atoms with Crippen molar-refractivity contribution in [1.29, 1.82) is 5.26 Å². The first-order valence-corrected chi connectivity index (χ1v) is 6.21. The molecule has 0 aliphatic rings. The van der Waals surface area contributed by atoms with Crippen LogP contribution in [0.2, 0.25) is 0 Å². The predicted molar refractivity (Wildman–Crippen MR) is 74.2 cm³/mol. The number of nitrogens with zero attached hydrogens (tertiary/aromatic N) is 2. The molecule has 20 heavy (non-hydrogen) atoms. The van der Waals surface area contributed by atoms with Gasteiger partial charge in [0.05, 0.1) is 11.0 Å². The van der Waals surface area contributed by atoms with E-state index in [-0.39, 0.29) is 5.69 Å². The van der Waals surface area contributed by atoms with Crippen molar-refractivity contribution >= 4 is 17.4 Å². The normalized spacial score (nSPS) is 10.4. The molecule has 106 valence electrons. The third-order valence-corrected chi connectivity index (χ3v) is 3.11. The number of nitriles is 1. The number of nitro groups is 1. The van der Waals surface area contributed by atoms with Crippen LogP contribution in [0.3, 0.4) is 0 Å².